The second kappa shape index (κ2) is 3.81. The SMILES string of the molecule is CN(C)c1cc(C(=N)N)c2ccccc2n1. The third-order valence-corrected chi connectivity index (χ3v) is 2.45. The molecule has 2 aromatic rings. The lowest BCUT2D eigenvalue weighted by Gasteiger charge is -2.14. The molecule has 1 heterocycles. The van der Waals surface area contributed by atoms with E-state index in [2.05, 4.69) is 4.98 Å². The number of hydrogen-bond donors (Lipinski definition) is 2. The van der Waals surface area contributed by atoms with Crippen molar-refractivity contribution in [3.63, 3.8) is 0 Å². The molecule has 2 rings (SSSR count). The average Bonchev–Trinajstić information content (AvgIpc) is 2.27. The highest BCUT2D eigenvalue weighted by Gasteiger charge is 2.08. The molecule has 1 aromatic heterocycles. The predicted octanol–water partition coefficient (Wildman–Crippen LogP) is 1.58. The molecule has 0 aliphatic rings. The molecule has 0 bridgehead atoms. The van der Waals surface area contributed by atoms with Crippen molar-refractivity contribution < 1.29 is 0 Å². The van der Waals surface area contributed by atoms with Crippen molar-refractivity contribution in [2.45, 2.75) is 0 Å². The van der Waals surface area contributed by atoms with Crippen molar-refractivity contribution in [1.29, 1.82) is 5.41 Å². The van der Waals surface area contributed by atoms with Crippen molar-refractivity contribution in [1.82, 2.24) is 4.98 Å². The van der Waals surface area contributed by atoms with E-state index < -0.39 is 0 Å². The highest BCUT2D eigenvalue weighted by atomic mass is 15.1. The number of pyridine rings is 1. The van der Waals surface area contributed by atoms with E-state index in [0.717, 1.165) is 22.3 Å². The van der Waals surface area contributed by atoms with E-state index in [1.165, 1.54) is 0 Å². The van der Waals surface area contributed by atoms with Gasteiger partial charge in [0.2, 0.25) is 0 Å². The molecule has 0 saturated carbocycles. The van der Waals surface area contributed by atoms with Gasteiger partial charge in [-0.2, -0.15) is 0 Å². The Bertz CT molecular complexity index is 546. The Kier molecular flexibility index (Phi) is 2.48. The highest BCUT2D eigenvalue weighted by molar-refractivity contribution is 6.07. The topological polar surface area (TPSA) is 66.0 Å². The summed E-state index contributed by atoms with van der Waals surface area (Å²) in [6.07, 6.45) is 0. The van der Waals surface area contributed by atoms with Gasteiger partial charge in [-0.05, 0) is 12.1 Å². The minimum Gasteiger partial charge on any atom is -0.384 e. The van der Waals surface area contributed by atoms with Crippen LogP contribution in [0.4, 0.5) is 5.82 Å². The molecule has 82 valence electrons. The molecule has 0 unspecified atom stereocenters. The van der Waals surface area contributed by atoms with E-state index in [9.17, 15) is 0 Å². The summed E-state index contributed by atoms with van der Waals surface area (Å²) in [5.41, 5.74) is 7.18. The van der Waals surface area contributed by atoms with Crippen molar-refractivity contribution >= 4 is 22.6 Å². The van der Waals surface area contributed by atoms with Crippen LogP contribution in [-0.2, 0) is 0 Å². The molecule has 0 aliphatic carbocycles. The van der Waals surface area contributed by atoms with Crippen LogP contribution in [-0.4, -0.2) is 24.9 Å². The Morgan fingerprint density at radius 3 is 2.62 bits per heavy atom. The standard InChI is InChI=1S/C12H14N4/c1-16(2)11-7-9(12(13)14)8-5-3-4-6-10(8)15-11/h3-7H,1-2H3,(H3,13,14). The van der Waals surface area contributed by atoms with Crippen LogP contribution < -0.4 is 10.6 Å². The van der Waals surface area contributed by atoms with Crippen LogP contribution in [0.3, 0.4) is 0 Å². The molecule has 0 spiro atoms. The molecule has 0 amide bonds. The van der Waals surface area contributed by atoms with Crippen molar-refractivity contribution in [3.05, 3.63) is 35.9 Å². The molecule has 4 nitrogen and oxygen atoms in total. The lowest BCUT2D eigenvalue weighted by molar-refractivity contribution is 1.08. The fourth-order valence-corrected chi connectivity index (χ4v) is 1.61. The van der Waals surface area contributed by atoms with Crippen LogP contribution in [0.25, 0.3) is 10.9 Å². The van der Waals surface area contributed by atoms with Crippen LogP contribution in [0, 0.1) is 5.41 Å². The first-order chi connectivity index (χ1) is 7.59. The molecular weight excluding hydrogens is 200 g/mol. The quantitative estimate of drug-likeness (QED) is 0.589. The normalized spacial score (nSPS) is 10.4. The first-order valence-corrected chi connectivity index (χ1v) is 5.01. The summed E-state index contributed by atoms with van der Waals surface area (Å²) in [6, 6.07) is 9.54. The molecule has 16 heavy (non-hydrogen) atoms. The van der Waals surface area contributed by atoms with Gasteiger partial charge in [-0.25, -0.2) is 4.98 Å². The van der Waals surface area contributed by atoms with E-state index in [1.807, 2.05) is 49.3 Å². The molecule has 0 atom stereocenters. The summed E-state index contributed by atoms with van der Waals surface area (Å²) < 4.78 is 0. The number of aromatic nitrogens is 1. The lowest BCUT2D eigenvalue weighted by Crippen LogP contribution is -2.16. The van der Waals surface area contributed by atoms with Crippen LogP contribution in [0.15, 0.2) is 30.3 Å². The number of nitrogen functional groups attached to an aromatic ring is 1. The number of para-hydroxylation sites is 1. The van der Waals surface area contributed by atoms with Crippen LogP contribution in [0.5, 0.6) is 0 Å². The minimum absolute atomic E-state index is 0.0710. The lowest BCUT2D eigenvalue weighted by atomic mass is 10.1. The van der Waals surface area contributed by atoms with E-state index in [4.69, 9.17) is 11.1 Å². The summed E-state index contributed by atoms with van der Waals surface area (Å²) in [5.74, 6) is 0.880. The van der Waals surface area contributed by atoms with Gasteiger partial charge in [0.1, 0.15) is 11.7 Å². The molecule has 1 aromatic carbocycles. The maximum absolute atomic E-state index is 7.59. The number of nitrogens with one attached hydrogen (secondary N) is 1. The van der Waals surface area contributed by atoms with E-state index >= 15 is 0 Å². The summed E-state index contributed by atoms with van der Waals surface area (Å²) >= 11 is 0. The summed E-state index contributed by atoms with van der Waals surface area (Å²) in [7, 11) is 3.84. The molecule has 3 N–H and O–H groups in total. The number of nitrogens with zero attached hydrogens (tertiary/aromatic N) is 2. The summed E-state index contributed by atoms with van der Waals surface area (Å²) in [5, 5.41) is 8.50. The monoisotopic (exact) mass is 214 g/mol. The first kappa shape index (κ1) is 10.4. The number of fused-ring (bicyclic) bond motifs is 1. The van der Waals surface area contributed by atoms with Crippen LogP contribution in [0.1, 0.15) is 5.56 Å². The van der Waals surface area contributed by atoms with Crippen molar-refractivity contribution in [2.75, 3.05) is 19.0 Å². The van der Waals surface area contributed by atoms with Crippen LogP contribution in [0.2, 0.25) is 0 Å². The Labute approximate surface area is 94.2 Å². The Hall–Kier alpha value is -2.10. The van der Waals surface area contributed by atoms with Crippen molar-refractivity contribution in [2.24, 2.45) is 5.73 Å². The largest absolute Gasteiger partial charge is 0.384 e. The van der Waals surface area contributed by atoms with Gasteiger partial charge in [-0.3, -0.25) is 5.41 Å². The number of rotatable bonds is 2. The number of nitrogens with two attached hydrogens (primary N) is 1. The predicted molar refractivity (Wildman–Crippen MR) is 67.1 cm³/mol. The van der Waals surface area contributed by atoms with Crippen LogP contribution >= 0.6 is 0 Å². The Morgan fingerprint density at radius 2 is 2.00 bits per heavy atom. The Morgan fingerprint density at radius 1 is 1.31 bits per heavy atom. The minimum atomic E-state index is 0.0710. The molecule has 0 fully saturated rings. The summed E-state index contributed by atoms with van der Waals surface area (Å²) in [6.45, 7) is 0. The number of amidine groups is 1. The van der Waals surface area contributed by atoms with E-state index in [0.29, 0.717) is 0 Å². The molecule has 4 heteroatoms. The van der Waals surface area contributed by atoms with Gasteiger partial charge in [-0.15, -0.1) is 0 Å². The third kappa shape index (κ3) is 1.69. The van der Waals surface area contributed by atoms with Gasteiger partial charge in [0.15, 0.2) is 0 Å². The summed E-state index contributed by atoms with van der Waals surface area (Å²) in [4.78, 5) is 6.39. The fourth-order valence-electron chi connectivity index (χ4n) is 1.61. The Balaban J connectivity index is 2.79. The number of hydrogen-bond acceptors (Lipinski definition) is 3. The average molecular weight is 214 g/mol. The third-order valence-electron chi connectivity index (χ3n) is 2.45. The molecule has 0 saturated heterocycles. The van der Waals surface area contributed by atoms with E-state index in [1.54, 1.807) is 0 Å². The maximum atomic E-state index is 7.59. The van der Waals surface area contributed by atoms with Gasteiger partial charge < -0.3 is 10.6 Å². The fraction of sp³-hybridized carbons (Fsp3) is 0.167. The van der Waals surface area contributed by atoms with Gasteiger partial charge in [0, 0.05) is 25.0 Å². The van der Waals surface area contributed by atoms with Gasteiger partial charge >= 0.3 is 0 Å². The van der Waals surface area contributed by atoms with Crippen molar-refractivity contribution in [3.8, 4) is 0 Å². The first-order valence-electron chi connectivity index (χ1n) is 5.01. The van der Waals surface area contributed by atoms with Gasteiger partial charge in [-0.1, -0.05) is 18.2 Å². The molecule has 0 aliphatic heterocycles. The zero-order chi connectivity index (χ0) is 11.7. The highest BCUT2D eigenvalue weighted by Crippen LogP contribution is 2.21. The maximum Gasteiger partial charge on any atom is 0.129 e. The zero-order valence-electron chi connectivity index (χ0n) is 9.36. The smallest absolute Gasteiger partial charge is 0.129 e. The zero-order valence-corrected chi connectivity index (χ0v) is 9.36. The molecule has 0 radical (unpaired) electrons. The van der Waals surface area contributed by atoms with Gasteiger partial charge in [0.25, 0.3) is 0 Å². The number of anilines is 1. The van der Waals surface area contributed by atoms with Gasteiger partial charge in [0.05, 0.1) is 5.52 Å². The molecular formula is C12H14N4. The number of benzene rings is 1. The second-order valence-corrected chi connectivity index (χ2v) is 3.85. The second-order valence-electron chi connectivity index (χ2n) is 3.85. The van der Waals surface area contributed by atoms with E-state index in [-0.39, 0.29) is 5.84 Å².